The van der Waals surface area contributed by atoms with Crippen LogP contribution in [0.4, 0.5) is 0 Å². The number of rotatable bonds is 34. The normalized spacial score (nSPS) is 11.5. The van der Waals surface area contributed by atoms with Gasteiger partial charge in [-0.15, -0.1) is 0 Å². The highest BCUT2D eigenvalue weighted by atomic mass is 15.1. The first-order valence-corrected chi connectivity index (χ1v) is 18.6. The Kier molecular flexibility index (Phi) is 33.3. The fourth-order valence-corrected chi connectivity index (χ4v) is 6.20. The minimum atomic E-state index is 0.714. The van der Waals surface area contributed by atoms with Gasteiger partial charge >= 0.3 is 0 Å². The average molecular weight is 548 g/mol. The molecule has 0 atom stereocenters. The third kappa shape index (κ3) is 30.3. The van der Waals surface area contributed by atoms with Gasteiger partial charge in [-0.2, -0.15) is 0 Å². The highest BCUT2D eigenvalue weighted by Gasteiger charge is 2.11. The van der Waals surface area contributed by atoms with Gasteiger partial charge in [-0.05, 0) is 19.0 Å². The molecule has 0 rings (SSSR count). The molecular weight excluding hydrogens is 470 g/mol. The third-order valence-electron chi connectivity index (χ3n) is 9.15. The summed E-state index contributed by atoms with van der Waals surface area (Å²) in [6, 6.07) is 0.714. The Morgan fingerprint density at radius 1 is 0.385 bits per heavy atom. The third-order valence-corrected chi connectivity index (χ3v) is 9.15. The van der Waals surface area contributed by atoms with E-state index in [4.69, 9.17) is 0 Å². The molecule has 0 heterocycles. The molecule has 234 valence electrons. The van der Waals surface area contributed by atoms with E-state index in [9.17, 15) is 0 Å². The Bertz CT molecular complexity index is 410. The maximum absolute atomic E-state index is 4.05. The van der Waals surface area contributed by atoms with Crippen molar-refractivity contribution in [3.05, 3.63) is 12.8 Å². The molecule has 0 aromatic heterocycles. The van der Waals surface area contributed by atoms with E-state index in [0.29, 0.717) is 6.04 Å². The van der Waals surface area contributed by atoms with Gasteiger partial charge in [-0.25, -0.2) is 0 Å². The Morgan fingerprint density at radius 2 is 0.590 bits per heavy atom. The lowest BCUT2D eigenvalue weighted by molar-refractivity contribution is 0.279. The number of hydrogen-bond acceptors (Lipinski definition) is 1. The molecule has 1 nitrogen and oxygen atoms in total. The molecule has 0 aromatic carbocycles. The minimum Gasteiger partial charge on any atom is -0.378 e. The van der Waals surface area contributed by atoms with Crippen molar-refractivity contribution in [3.63, 3.8) is 0 Å². The smallest absolute Gasteiger partial charge is 0.0280 e. The lowest BCUT2D eigenvalue weighted by Crippen LogP contribution is -2.26. The zero-order valence-corrected chi connectivity index (χ0v) is 27.9. The quantitative estimate of drug-likeness (QED) is 0.0724. The maximum atomic E-state index is 4.05. The molecule has 0 radical (unpaired) electrons. The van der Waals surface area contributed by atoms with E-state index in [-0.39, 0.29) is 0 Å². The second kappa shape index (κ2) is 33.7. The van der Waals surface area contributed by atoms with Crippen molar-refractivity contribution < 1.29 is 0 Å². The van der Waals surface area contributed by atoms with Crippen LogP contribution in [-0.2, 0) is 0 Å². The zero-order valence-electron chi connectivity index (χ0n) is 27.9. The number of hydrogen-bond donors (Lipinski definition) is 0. The fourth-order valence-electron chi connectivity index (χ4n) is 6.20. The molecule has 0 unspecified atom stereocenters. The highest BCUT2D eigenvalue weighted by molar-refractivity contribution is 4.77. The van der Waals surface area contributed by atoms with Crippen LogP contribution >= 0.6 is 0 Å². The van der Waals surface area contributed by atoms with E-state index >= 15 is 0 Å². The van der Waals surface area contributed by atoms with Crippen molar-refractivity contribution in [1.29, 1.82) is 0 Å². The summed E-state index contributed by atoms with van der Waals surface area (Å²) in [5.74, 6) is 0. The Labute approximate surface area is 249 Å². The largest absolute Gasteiger partial charge is 0.378 e. The first kappa shape index (κ1) is 38.5. The van der Waals surface area contributed by atoms with Gasteiger partial charge in [-0.1, -0.05) is 213 Å². The monoisotopic (exact) mass is 548 g/mol. The Balaban J connectivity index is 3.49. The van der Waals surface area contributed by atoms with Gasteiger partial charge in [0.15, 0.2) is 0 Å². The fraction of sp³-hybridized carbons (Fsp3) is 0.947. The van der Waals surface area contributed by atoms with E-state index in [0.717, 1.165) is 0 Å². The first-order valence-electron chi connectivity index (χ1n) is 18.6. The van der Waals surface area contributed by atoms with Crippen molar-refractivity contribution in [3.8, 4) is 0 Å². The molecule has 0 bridgehead atoms. The predicted octanol–water partition coefficient (Wildman–Crippen LogP) is 14.0. The summed E-state index contributed by atoms with van der Waals surface area (Å²) in [6.45, 7) is 8.66. The number of unbranched alkanes of at least 4 members (excludes halogenated alkanes) is 28. The average Bonchev–Trinajstić information content (AvgIpc) is 2.95. The van der Waals surface area contributed by atoms with E-state index in [1.807, 2.05) is 0 Å². The lowest BCUT2D eigenvalue weighted by Gasteiger charge is -2.27. The van der Waals surface area contributed by atoms with Crippen LogP contribution in [-0.4, -0.2) is 18.0 Å². The van der Waals surface area contributed by atoms with E-state index in [2.05, 4.69) is 38.6 Å². The molecular formula is C38H77N. The van der Waals surface area contributed by atoms with Crippen LogP contribution in [0.1, 0.15) is 219 Å². The van der Waals surface area contributed by atoms with Gasteiger partial charge < -0.3 is 4.90 Å². The van der Waals surface area contributed by atoms with Gasteiger partial charge in [0.05, 0.1) is 0 Å². The molecule has 0 aromatic rings. The molecule has 0 aliphatic heterocycles. The summed E-state index contributed by atoms with van der Waals surface area (Å²) in [4.78, 5) is 2.40. The lowest BCUT2D eigenvalue weighted by atomic mass is 9.98. The van der Waals surface area contributed by atoms with Crippen LogP contribution in [0.2, 0.25) is 0 Å². The summed E-state index contributed by atoms with van der Waals surface area (Å²) in [5, 5.41) is 0. The van der Waals surface area contributed by atoms with Gasteiger partial charge in [0.1, 0.15) is 0 Å². The van der Waals surface area contributed by atoms with Gasteiger partial charge in [0.2, 0.25) is 0 Å². The molecule has 0 aliphatic rings. The second-order valence-corrected chi connectivity index (χ2v) is 13.0. The van der Waals surface area contributed by atoms with Crippen LogP contribution in [0.3, 0.4) is 0 Å². The molecule has 0 saturated heterocycles. The summed E-state index contributed by atoms with van der Waals surface area (Å²) in [6.07, 6.45) is 48.3. The van der Waals surface area contributed by atoms with Crippen LogP contribution in [0.5, 0.6) is 0 Å². The van der Waals surface area contributed by atoms with Crippen molar-refractivity contribution in [2.24, 2.45) is 0 Å². The summed E-state index contributed by atoms with van der Waals surface area (Å²) in [5.41, 5.74) is 0. The Hall–Kier alpha value is -0.460. The molecule has 0 saturated carbocycles. The Morgan fingerprint density at radius 3 is 0.795 bits per heavy atom. The van der Waals surface area contributed by atoms with Crippen molar-refractivity contribution in [2.75, 3.05) is 7.05 Å². The van der Waals surface area contributed by atoms with Crippen molar-refractivity contribution >= 4 is 0 Å². The van der Waals surface area contributed by atoms with E-state index in [1.54, 1.807) is 0 Å². The maximum Gasteiger partial charge on any atom is 0.0280 e. The summed E-state index contributed by atoms with van der Waals surface area (Å²) < 4.78 is 0. The van der Waals surface area contributed by atoms with Crippen LogP contribution in [0, 0.1) is 0 Å². The zero-order chi connectivity index (χ0) is 28.5. The van der Waals surface area contributed by atoms with E-state index < -0.39 is 0 Å². The highest BCUT2D eigenvalue weighted by Crippen LogP contribution is 2.19. The molecule has 0 N–H and O–H groups in total. The molecule has 0 amide bonds. The van der Waals surface area contributed by atoms with Crippen LogP contribution in [0.15, 0.2) is 12.8 Å². The standard InChI is InChI=1S/C38H77N/c1-5-8-10-12-14-16-18-20-22-24-26-28-30-32-34-36-38(39(4)7-3)37-35-33-31-29-27-25-23-21-19-17-15-13-11-9-6-2/h7,38H,3,5-6,8-37H2,1-2,4H3. The summed E-state index contributed by atoms with van der Waals surface area (Å²) in [7, 11) is 2.24. The molecule has 1 heteroatoms. The molecule has 0 fully saturated rings. The van der Waals surface area contributed by atoms with Crippen molar-refractivity contribution in [2.45, 2.75) is 225 Å². The molecule has 39 heavy (non-hydrogen) atoms. The molecule has 0 aliphatic carbocycles. The topological polar surface area (TPSA) is 3.24 Å². The van der Waals surface area contributed by atoms with Gasteiger partial charge in [0.25, 0.3) is 0 Å². The predicted molar refractivity (Wildman–Crippen MR) is 181 cm³/mol. The minimum absolute atomic E-state index is 0.714. The molecule has 0 spiro atoms. The van der Waals surface area contributed by atoms with Gasteiger partial charge in [-0.3, -0.25) is 0 Å². The second-order valence-electron chi connectivity index (χ2n) is 13.0. The SMILES string of the molecule is C=CN(C)C(CCCCCCCCCCCCCCCCC)CCCCCCCCCCCCCCCCC. The van der Waals surface area contributed by atoms with Crippen LogP contribution < -0.4 is 0 Å². The first-order chi connectivity index (χ1) is 19.3. The van der Waals surface area contributed by atoms with Crippen LogP contribution in [0.25, 0.3) is 0 Å². The number of nitrogens with zero attached hydrogens (tertiary/aromatic N) is 1. The summed E-state index contributed by atoms with van der Waals surface area (Å²) >= 11 is 0. The van der Waals surface area contributed by atoms with Crippen molar-refractivity contribution in [1.82, 2.24) is 4.90 Å². The van der Waals surface area contributed by atoms with E-state index in [1.165, 1.54) is 205 Å². The van der Waals surface area contributed by atoms with Gasteiger partial charge in [0, 0.05) is 13.1 Å².